The molecule has 0 saturated carbocycles. The molecule has 1 aliphatic rings. The second-order valence-electron chi connectivity index (χ2n) is 6.78. The van der Waals surface area contributed by atoms with Gasteiger partial charge in [-0.2, -0.15) is 9.61 Å². The largest absolute Gasteiger partial charge is 0.354 e. The van der Waals surface area contributed by atoms with E-state index in [1.807, 2.05) is 0 Å². The Morgan fingerprint density at radius 3 is 2.77 bits per heavy atom. The monoisotopic (exact) mass is 443 g/mol. The van der Waals surface area contributed by atoms with E-state index in [1.165, 1.54) is 28.1 Å². The number of hydrogen-bond acceptors (Lipinski definition) is 10. The fraction of sp³-hybridized carbons (Fsp3) is 0.333. The van der Waals surface area contributed by atoms with Gasteiger partial charge in [-0.3, -0.25) is 19.4 Å². The number of hydrogen-bond donors (Lipinski definition) is 4. The van der Waals surface area contributed by atoms with Crippen molar-refractivity contribution in [2.24, 2.45) is 5.73 Å². The Morgan fingerprint density at radius 2 is 2.00 bits per heavy atom. The van der Waals surface area contributed by atoms with Crippen LogP contribution in [0.5, 0.6) is 0 Å². The Balaban J connectivity index is 1.55. The summed E-state index contributed by atoms with van der Waals surface area (Å²) in [5.41, 5.74) is 6.00. The molecule has 1 fully saturated rings. The predicted molar refractivity (Wildman–Crippen MR) is 116 cm³/mol. The molecule has 162 valence electrons. The molecule has 31 heavy (non-hydrogen) atoms. The van der Waals surface area contributed by atoms with E-state index < -0.39 is 11.8 Å². The molecule has 3 aromatic heterocycles. The maximum atomic E-state index is 12.6. The summed E-state index contributed by atoms with van der Waals surface area (Å²) in [6, 6.07) is 3.18. The Labute approximate surface area is 180 Å². The second kappa shape index (κ2) is 9.16. The van der Waals surface area contributed by atoms with Crippen molar-refractivity contribution in [3.8, 4) is 10.6 Å². The first-order chi connectivity index (χ1) is 15.0. The van der Waals surface area contributed by atoms with Gasteiger partial charge >= 0.3 is 0 Å². The molecular weight excluding hydrogens is 422 g/mol. The van der Waals surface area contributed by atoms with Gasteiger partial charge in [-0.05, 0) is 6.07 Å². The summed E-state index contributed by atoms with van der Waals surface area (Å²) in [6.45, 7) is 2.86. The minimum Gasteiger partial charge on any atom is -0.354 e. The molecule has 0 bridgehead atoms. The number of anilines is 2. The van der Waals surface area contributed by atoms with E-state index >= 15 is 0 Å². The second-order valence-corrected chi connectivity index (χ2v) is 7.74. The van der Waals surface area contributed by atoms with Crippen molar-refractivity contribution in [1.82, 2.24) is 30.2 Å². The SMILES string of the molecule is NCC(=O)NCC(=O)Nc1cncc(-c2nn3c(=O)cc(N4CCNCC4)nc3s2)c1. The van der Waals surface area contributed by atoms with Gasteiger partial charge < -0.3 is 26.6 Å². The highest BCUT2D eigenvalue weighted by molar-refractivity contribution is 7.19. The molecule has 0 radical (unpaired) electrons. The number of aromatic nitrogens is 4. The Bertz CT molecular complexity index is 1170. The summed E-state index contributed by atoms with van der Waals surface area (Å²) >= 11 is 1.26. The van der Waals surface area contributed by atoms with Crippen molar-refractivity contribution in [2.45, 2.75) is 0 Å². The molecule has 0 aromatic carbocycles. The normalized spacial score (nSPS) is 13.9. The highest BCUT2D eigenvalue weighted by atomic mass is 32.1. The van der Waals surface area contributed by atoms with Crippen LogP contribution in [0.2, 0.25) is 0 Å². The molecule has 0 unspecified atom stereocenters. The molecule has 1 saturated heterocycles. The zero-order valence-electron chi connectivity index (χ0n) is 16.5. The number of nitrogens with two attached hydrogens (primary N) is 1. The van der Waals surface area contributed by atoms with Gasteiger partial charge in [0.2, 0.25) is 16.8 Å². The summed E-state index contributed by atoms with van der Waals surface area (Å²) < 4.78 is 1.26. The highest BCUT2D eigenvalue weighted by Crippen LogP contribution is 2.26. The van der Waals surface area contributed by atoms with E-state index in [4.69, 9.17) is 5.73 Å². The Morgan fingerprint density at radius 1 is 1.19 bits per heavy atom. The molecule has 2 amide bonds. The van der Waals surface area contributed by atoms with E-state index in [1.54, 1.807) is 12.3 Å². The van der Waals surface area contributed by atoms with Crippen LogP contribution in [0.4, 0.5) is 11.5 Å². The summed E-state index contributed by atoms with van der Waals surface area (Å²) in [7, 11) is 0. The van der Waals surface area contributed by atoms with Gasteiger partial charge in [0.15, 0.2) is 0 Å². The van der Waals surface area contributed by atoms with Crippen LogP contribution in [0.1, 0.15) is 0 Å². The van der Waals surface area contributed by atoms with Crippen LogP contribution in [-0.4, -0.2) is 70.7 Å². The van der Waals surface area contributed by atoms with Crippen LogP contribution >= 0.6 is 11.3 Å². The first-order valence-corrected chi connectivity index (χ1v) is 10.4. The van der Waals surface area contributed by atoms with Crippen molar-refractivity contribution in [3.05, 3.63) is 34.9 Å². The lowest BCUT2D eigenvalue weighted by atomic mass is 10.3. The zero-order chi connectivity index (χ0) is 21.8. The number of nitrogens with zero attached hydrogens (tertiary/aromatic N) is 5. The van der Waals surface area contributed by atoms with Crippen LogP contribution in [0.15, 0.2) is 29.3 Å². The van der Waals surface area contributed by atoms with Crippen LogP contribution in [-0.2, 0) is 9.59 Å². The van der Waals surface area contributed by atoms with Crippen LogP contribution < -0.4 is 32.1 Å². The van der Waals surface area contributed by atoms with Crippen molar-refractivity contribution in [2.75, 3.05) is 49.5 Å². The lowest BCUT2D eigenvalue weighted by Gasteiger charge is -2.27. The van der Waals surface area contributed by atoms with Gasteiger partial charge in [-0.1, -0.05) is 11.3 Å². The summed E-state index contributed by atoms with van der Waals surface area (Å²) in [5.74, 6) is -0.196. The first kappa shape index (κ1) is 20.8. The third-order valence-corrected chi connectivity index (χ3v) is 5.53. The van der Waals surface area contributed by atoms with E-state index in [9.17, 15) is 14.4 Å². The summed E-state index contributed by atoms with van der Waals surface area (Å²) in [6.07, 6.45) is 3.07. The van der Waals surface area contributed by atoms with Crippen molar-refractivity contribution in [1.29, 1.82) is 0 Å². The van der Waals surface area contributed by atoms with Crippen molar-refractivity contribution in [3.63, 3.8) is 0 Å². The van der Waals surface area contributed by atoms with E-state index in [-0.39, 0.29) is 18.6 Å². The number of carbonyl (C=O) groups excluding carboxylic acids is 2. The number of fused-ring (bicyclic) bond motifs is 1. The van der Waals surface area contributed by atoms with Gasteiger partial charge in [0.1, 0.15) is 10.8 Å². The molecule has 5 N–H and O–H groups in total. The molecule has 0 spiro atoms. The van der Waals surface area contributed by atoms with Gasteiger partial charge in [-0.15, -0.1) is 0 Å². The summed E-state index contributed by atoms with van der Waals surface area (Å²) in [5, 5.41) is 13.2. The lowest BCUT2D eigenvalue weighted by molar-refractivity contribution is -0.123. The quantitative estimate of drug-likeness (QED) is 0.361. The minimum absolute atomic E-state index is 0.189. The topological polar surface area (TPSA) is 160 Å². The van der Waals surface area contributed by atoms with E-state index in [0.717, 1.165) is 26.2 Å². The minimum atomic E-state index is -0.422. The molecule has 12 nitrogen and oxygen atoms in total. The smallest absolute Gasteiger partial charge is 0.277 e. The molecule has 3 aromatic rings. The number of rotatable bonds is 6. The van der Waals surface area contributed by atoms with Crippen LogP contribution in [0.3, 0.4) is 0 Å². The fourth-order valence-corrected chi connectivity index (χ4v) is 3.93. The van der Waals surface area contributed by atoms with Crippen LogP contribution in [0, 0.1) is 0 Å². The Hall–Kier alpha value is -3.42. The lowest BCUT2D eigenvalue weighted by Crippen LogP contribution is -2.44. The molecule has 0 aliphatic carbocycles. The highest BCUT2D eigenvalue weighted by Gasteiger charge is 2.16. The average Bonchev–Trinajstić information content (AvgIpc) is 3.23. The van der Waals surface area contributed by atoms with Gasteiger partial charge in [0.05, 0.1) is 25.0 Å². The summed E-state index contributed by atoms with van der Waals surface area (Å²) in [4.78, 5) is 47.0. The number of amides is 2. The third kappa shape index (κ3) is 4.84. The molecular formula is C18H21N9O3S. The number of carbonyl (C=O) groups is 2. The number of pyridine rings is 1. The maximum absolute atomic E-state index is 12.6. The first-order valence-electron chi connectivity index (χ1n) is 9.62. The molecule has 1 aliphatic heterocycles. The third-order valence-electron chi connectivity index (χ3n) is 4.57. The van der Waals surface area contributed by atoms with Crippen LogP contribution in [0.25, 0.3) is 15.5 Å². The predicted octanol–water partition coefficient (Wildman–Crippen LogP) is -1.36. The number of piperazine rings is 1. The van der Waals surface area contributed by atoms with Crippen molar-refractivity contribution < 1.29 is 9.59 Å². The zero-order valence-corrected chi connectivity index (χ0v) is 17.3. The molecule has 4 rings (SSSR count). The van der Waals surface area contributed by atoms with Gasteiger partial charge in [0, 0.05) is 44.0 Å². The van der Waals surface area contributed by atoms with E-state index in [2.05, 4.69) is 35.9 Å². The maximum Gasteiger partial charge on any atom is 0.277 e. The van der Waals surface area contributed by atoms with E-state index in [0.29, 0.717) is 27.0 Å². The molecule has 4 heterocycles. The van der Waals surface area contributed by atoms with Crippen molar-refractivity contribution >= 4 is 39.6 Å². The average molecular weight is 443 g/mol. The van der Waals surface area contributed by atoms with Gasteiger partial charge in [0.25, 0.3) is 5.56 Å². The standard InChI is InChI=1S/C18H21N9O3S/c19-7-14(28)22-10-15(29)23-12-5-11(8-21-9-12)17-25-27-16(30)6-13(24-18(27)31-17)26-3-1-20-2-4-26/h5-6,8-9,20H,1-4,7,10,19H2,(H,22,28)(H,23,29). The number of nitrogens with one attached hydrogen (secondary N) is 3. The fourth-order valence-electron chi connectivity index (χ4n) is 3.05. The Kier molecular flexibility index (Phi) is 6.16. The van der Waals surface area contributed by atoms with Gasteiger partial charge in [-0.25, -0.2) is 4.98 Å². The molecule has 13 heteroatoms. The molecule has 0 atom stereocenters.